The minimum Gasteiger partial charge on any atom is -0.493 e. The van der Waals surface area contributed by atoms with Gasteiger partial charge in [0.2, 0.25) is 0 Å². The predicted molar refractivity (Wildman–Crippen MR) is 80.3 cm³/mol. The van der Waals surface area contributed by atoms with Crippen molar-refractivity contribution in [3.05, 3.63) is 46.6 Å². The molecule has 2 aromatic rings. The molecule has 0 bridgehead atoms. The van der Waals surface area contributed by atoms with E-state index in [0.29, 0.717) is 28.0 Å². The third-order valence-electron chi connectivity index (χ3n) is 2.84. The summed E-state index contributed by atoms with van der Waals surface area (Å²) in [5.41, 5.74) is 3.75. The summed E-state index contributed by atoms with van der Waals surface area (Å²) in [6.45, 7) is 0.109. The van der Waals surface area contributed by atoms with Crippen molar-refractivity contribution >= 4 is 17.4 Å². The standard InChI is InChI=1S/C14H16ClN3O3/c1-20-13-6-9(7-19)2-4-12(13)21-8-11-10(15)3-5-14(17-11)18-16/h2-6,19H,7-8,16H2,1H3,(H,17,18). The van der Waals surface area contributed by atoms with Crippen LogP contribution in [0.15, 0.2) is 30.3 Å². The van der Waals surface area contributed by atoms with Crippen LogP contribution >= 0.6 is 11.6 Å². The van der Waals surface area contributed by atoms with Gasteiger partial charge in [0, 0.05) is 0 Å². The van der Waals surface area contributed by atoms with E-state index in [4.69, 9.17) is 32.0 Å². The Kier molecular flexibility index (Phi) is 5.21. The lowest BCUT2D eigenvalue weighted by Gasteiger charge is -2.12. The molecule has 0 fully saturated rings. The monoisotopic (exact) mass is 309 g/mol. The van der Waals surface area contributed by atoms with Crippen LogP contribution in [0, 0.1) is 0 Å². The number of hydrogen-bond acceptors (Lipinski definition) is 6. The maximum absolute atomic E-state index is 9.11. The summed E-state index contributed by atoms with van der Waals surface area (Å²) < 4.78 is 10.9. The topological polar surface area (TPSA) is 89.6 Å². The number of nitrogens with one attached hydrogen (secondary N) is 1. The lowest BCUT2D eigenvalue weighted by molar-refractivity contribution is 0.272. The summed E-state index contributed by atoms with van der Waals surface area (Å²) in [7, 11) is 1.54. The zero-order valence-corrected chi connectivity index (χ0v) is 12.2. The summed E-state index contributed by atoms with van der Waals surface area (Å²) in [5, 5.41) is 9.59. The molecule has 0 aliphatic heterocycles. The first-order chi connectivity index (χ1) is 10.2. The van der Waals surface area contributed by atoms with Crippen molar-refractivity contribution in [3.63, 3.8) is 0 Å². The quantitative estimate of drug-likeness (QED) is 0.559. The van der Waals surface area contributed by atoms with E-state index in [-0.39, 0.29) is 13.2 Å². The molecule has 0 unspecified atom stereocenters. The minimum absolute atomic E-state index is 0.0613. The van der Waals surface area contributed by atoms with E-state index in [9.17, 15) is 0 Å². The van der Waals surface area contributed by atoms with Gasteiger partial charge in [-0.05, 0) is 29.8 Å². The molecule has 0 saturated heterocycles. The molecule has 1 heterocycles. The number of pyridine rings is 1. The molecule has 0 aliphatic rings. The van der Waals surface area contributed by atoms with Gasteiger partial charge in [0.25, 0.3) is 0 Å². The van der Waals surface area contributed by atoms with Gasteiger partial charge in [0.1, 0.15) is 12.4 Å². The molecule has 7 heteroatoms. The molecule has 112 valence electrons. The second kappa shape index (κ2) is 7.12. The van der Waals surface area contributed by atoms with Gasteiger partial charge in [-0.3, -0.25) is 0 Å². The molecule has 0 spiro atoms. The third-order valence-corrected chi connectivity index (χ3v) is 3.19. The number of hydrazine groups is 1. The highest BCUT2D eigenvalue weighted by Crippen LogP contribution is 2.29. The van der Waals surface area contributed by atoms with Crippen LogP contribution in [0.1, 0.15) is 11.3 Å². The Labute approximate surface area is 127 Å². The van der Waals surface area contributed by atoms with Crippen molar-refractivity contribution < 1.29 is 14.6 Å². The number of hydrogen-bond donors (Lipinski definition) is 3. The molecule has 0 aliphatic carbocycles. The van der Waals surface area contributed by atoms with Crippen molar-refractivity contribution in [1.29, 1.82) is 0 Å². The van der Waals surface area contributed by atoms with Crippen LogP contribution in [0.5, 0.6) is 11.5 Å². The van der Waals surface area contributed by atoms with Crippen molar-refractivity contribution in [2.75, 3.05) is 12.5 Å². The van der Waals surface area contributed by atoms with Gasteiger partial charge in [-0.2, -0.15) is 0 Å². The maximum Gasteiger partial charge on any atom is 0.161 e. The third kappa shape index (κ3) is 3.75. The van der Waals surface area contributed by atoms with Gasteiger partial charge in [0.05, 0.1) is 24.4 Å². The summed E-state index contributed by atoms with van der Waals surface area (Å²) in [6, 6.07) is 8.55. The molecule has 0 atom stereocenters. The normalized spacial score (nSPS) is 10.3. The lowest BCUT2D eigenvalue weighted by Crippen LogP contribution is -2.10. The number of aliphatic hydroxyl groups excluding tert-OH is 1. The molecule has 0 saturated carbocycles. The zero-order chi connectivity index (χ0) is 15.2. The fourth-order valence-electron chi connectivity index (χ4n) is 1.74. The van der Waals surface area contributed by atoms with Crippen molar-refractivity contribution in [1.82, 2.24) is 4.98 Å². The molecule has 0 radical (unpaired) electrons. The van der Waals surface area contributed by atoms with Gasteiger partial charge < -0.3 is 20.0 Å². The van der Waals surface area contributed by atoms with Crippen LogP contribution in [0.3, 0.4) is 0 Å². The minimum atomic E-state index is -0.0613. The van der Waals surface area contributed by atoms with Crippen LogP contribution in [0.25, 0.3) is 0 Å². The highest BCUT2D eigenvalue weighted by Gasteiger charge is 2.09. The first kappa shape index (κ1) is 15.4. The average Bonchev–Trinajstić information content (AvgIpc) is 2.54. The smallest absolute Gasteiger partial charge is 0.161 e. The van der Waals surface area contributed by atoms with Gasteiger partial charge in [-0.1, -0.05) is 17.7 Å². The molecule has 1 aromatic carbocycles. The fraction of sp³-hybridized carbons (Fsp3) is 0.214. The number of benzene rings is 1. The van der Waals surface area contributed by atoms with E-state index in [0.717, 1.165) is 5.56 Å². The number of nitrogens with zero attached hydrogens (tertiary/aromatic N) is 1. The van der Waals surface area contributed by atoms with Crippen molar-refractivity contribution in [3.8, 4) is 11.5 Å². The van der Waals surface area contributed by atoms with Crippen LogP contribution in [0.4, 0.5) is 5.82 Å². The predicted octanol–water partition coefficient (Wildman–Crippen LogP) is 2.10. The molecular formula is C14H16ClN3O3. The number of methoxy groups -OCH3 is 1. The number of ether oxygens (including phenoxy) is 2. The number of nitrogen functional groups attached to an aromatic ring is 1. The van der Waals surface area contributed by atoms with Crippen LogP contribution in [0.2, 0.25) is 5.02 Å². The molecule has 0 amide bonds. The van der Waals surface area contributed by atoms with Gasteiger partial charge in [-0.15, -0.1) is 0 Å². The Morgan fingerprint density at radius 1 is 1.29 bits per heavy atom. The van der Waals surface area contributed by atoms with E-state index < -0.39 is 0 Å². The fourth-order valence-corrected chi connectivity index (χ4v) is 1.90. The van der Waals surface area contributed by atoms with Crippen molar-refractivity contribution in [2.45, 2.75) is 13.2 Å². The summed E-state index contributed by atoms with van der Waals surface area (Å²) >= 11 is 6.07. The van der Waals surface area contributed by atoms with E-state index in [1.165, 1.54) is 7.11 Å². The number of aromatic nitrogens is 1. The molecule has 6 nitrogen and oxygen atoms in total. The molecular weight excluding hydrogens is 294 g/mol. The second-order valence-electron chi connectivity index (χ2n) is 4.20. The van der Waals surface area contributed by atoms with Gasteiger partial charge in [-0.25, -0.2) is 10.8 Å². The van der Waals surface area contributed by atoms with Crippen LogP contribution < -0.4 is 20.7 Å². The molecule has 2 rings (SSSR count). The average molecular weight is 310 g/mol. The Morgan fingerprint density at radius 3 is 2.76 bits per heavy atom. The Bertz CT molecular complexity index is 622. The van der Waals surface area contributed by atoms with Gasteiger partial charge >= 0.3 is 0 Å². The summed E-state index contributed by atoms with van der Waals surface area (Å²) in [5.74, 6) is 6.89. The Morgan fingerprint density at radius 2 is 2.10 bits per heavy atom. The van der Waals surface area contributed by atoms with E-state index >= 15 is 0 Å². The molecule has 1 aromatic heterocycles. The number of anilines is 1. The number of aliphatic hydroxyl groups is 1. The number of halogens is 1. The lowest BCUT2D eigenvalue weighted by atomic mass is 10.2. The van der Waals surface area contributed by atoms with E-state index in [2.05, 4.69) is 10.4 Å². The van der Waals surface area contributed by atoms with Crippen LogP contribution in [-0.4, -0.2) is 17.2 Å². The SMILES string of the molecule is COc1cc(CO)ccc1OCc1nc(NN)ccc1Cl. The Hall–Kier alpha value is -2.02. The second-order valence-corrected chi connectivity index (χ2v) is 4.61. The van der Waals surface area contributed by atoms with Crippen molar-refractivity contribution in [2.24, 2.45) is 5.84 Å². The maximum atomic E-state index is 9.11. The number of nitrogens with two attached hydrogens (primary N) is 1. The van der Waals surface area contributed by atoms with E-state index in [1.807, 2.05) is 0 Å². The first-order valence-corrected chi connectivity index (χ1v) is 6.58. The molecule has 4 N–H and O–H groups in total. The highest BCUT2D eigenvalue weighted by molar-refractivity contribution is 6.31. The van der Waals surface area contributed by atoms with Crippen LogP contribution in [-0.2, 0) is 13.2 Å². The van der Waals surface area contributed by atoms with E-state index in [1.54, 1.807) is 30.3 Å². The largest absolute Gasteiger partial charge is 0.493 e. The zero-order valence-electron chi connectivity index (χ0n) is 11.5. The highest BCUT2D eigenvalue weighted by atomic mass is 35.5. The summed E-state index contributed by atoms with van der Waals surface area (Å²) in [6.07, 6.45) is 0. The number of rotatable bonds is 6. The summed E-state index contributed by atoms with van der Waals surface area (Å²) in [4.78, 5) is 4.22. The first-order valence-electron chi connectivity index (χ1n) is 6.20. The Balaban J connectivity index is 2.16. The van der Waals surface area contributed by atoms with Gasteiger partial charge in [0.15, 0.2) is 11.5 Å². The molecule has 21 heavy (non-hydrogen) atoms.